The van der Waals surface area contributed by atoms with Crippen LogP contribution < -0.4 is 11.1 Å². The lowest BCUT2D eigenvalue weighted by Crippen LogP contribution is -2.05. The van der Waals surface area contributed by atoms with Crippen molar-refractivity contribution in [2.45, 2.75) is 74.0 Å². The second kappa shape index (κ2) is 18.1. The number of anilines is 2. The molecule has 0 saturated heterocycles. The van der Waals surface area contributed by atoms with Crippen LogP contribution in [0.1, 0.15) is 75.1 Å². The molecule has 0 fully saturated rings. The first-order chi connectivity index (χ1) is 30.5. The smallest absolute Gasteiger partial charge is 0.221 e. The number of benzene rings is 6. The Morgan fingerprint density at radius 3 is 1.63 bits per heavy atom. The van der Waals surface area contributed by atoms with Gasteiger partial charge in [0.2, 0.25) is 5.91 Å². The van der Waals surface area contributed by atoms with Crippen LogP contribution in [-0.2, 0) is 24.4 Å². The number of nitrogens with two attached hydrogens (primary N) is 1. The normalized spacial score (nSPS) is 11.3. The molecule has 3 N–H and O–H groups in total. The van der Waals surface area contributed by atoms with Crippen LogP contribution >= 0.6 is 11.3 Å². The third kappa shape index (κ3) is 8.34. The molecule has 0 atom stereocenters. The Labute approximate surface area is 370 Å². The second-order valence-corrected chi connectivity index (χ2v) is 16.8. The van der Waals surface area contributed by atoms with E-state index < -0.39 is 0 Å². The molecule has 0 saturated carbocycles. The number of nitrogens with zero attached hydrogens (tertiary/aromatic N) is 4. The van der Waals surface area contributed by atoms with Crippen LogP contribution in [-0.4, -0.2) is 36.2 Å². The summed E-state index contributed by atoms with van der Waals surface area (Å²) in [5.41, 5.74) is 19.2. The van der Waals surface area contributed by atoms with Crippen LogP contribution in [0.2, 0.25) is 0 Å². The van der Waals surface area contributed by atoms with Gasteiger partial charge in [-0.05, 0) is 130 Å². The summed E-state index contributed by atoms with van der Waals surface area (Å²) in [4.78, 5) is 40.0. The first kappa shape index (κ1) is 42.6. The van der Waals surface area contributed by atoms with E-state index in [-0.39, 0.29) is 17.5 Å². The number of Topliss-reactive ketones (excluding diaryl/α,β-unsaturated/α-hetero) is 2. The van der Waals surface area contributed by atoms with Crippen LogP contribution in [0.3, 0.4) is 0 Å². The molecule has 10 rings (SSSR count). The number of hydrogen-bond donors (Lipinski definition) is 2. The largest absolute Gasteiger partial charge is 0.399 e. The molecule has 0 radical (unpaired) electrons. The maximum absolute atomic E-state index is 11.7. The number of ketones is 2. The summed E-state index contributed by atoms with van der Waals surface area (Å²) >= 11 is 1.68. The maximum atomic E-state index is 11.7. The summed E-state index contributed by atoms with van der Waals surface area (Å²) in [7, 11) is 0. The minimum absolute atomic E-state index is 0.0568. The second-order valence-electron chi connectivity index (χ2n) is 15.9. The minimum Gasteiger partial charge on any atom is -0.399 e. The molecule has 4 heterocycles. The molecule has 0 aliphatic rings. The number of fused-ring (bicyclic) bond motifs is 9. The lowest BCUT2D eigenvalue weighted by atomic mass is 10.1. The van der Waals surface area contributed by atoms with Crippen molar-refractivity contribution in [3.05, 3.63) is 138 Å². The van der Waals surface area contributed by atoms with Crippen molar-refractivity contribution in [2.75, 3.05) is 11.1 Å². The number of thiazole rings is 1. The number of hydrogen-bond acceptors (Lipinski definition) is 6. The number of rotatable bonds is 9. The molecule has 10 heteroatoms. The Bertz CT molecular complexity index is 3330. The molecule has 0 unspecified atom stereocenters. The van der Waals surface area contributed by atoms with Gasteiger partial charge in [-0.1, -0.05) is 38.1 Å². The van der Waals surface area contributed by atoms with Gasteiger partial charge in [0.1, 0.15) is 0 Å². The van der Waals surface area contributed by atoms with E-state index in [0.29, 0.717) is 5.56 Å². The Morgan fingerprint density at radius 1 is 0.571 bits per heavy atom. The van der Waals surface area contributed by atoms with Crippen LogP contribution in [0.5, 0.6) is 0 Å². The molecular weight excluding hydrogens is 801 g/mol. The predicted octanol–water partition coefficient (Wildman–Crippen LogP) is 13.3. The SMILES string of the molecule is CCCn1c2ccc(N)cc2c2cc(C(C)=O)ccc21.CCCn1c2ccc(NC(C)=O)cc2c2cc(C(C)=O)ccc21.CCn1c2ccccc2c2cc(-c3cncs3)ccc21. The number of aryl methyl sites for hydroxylation is 3. The lowest BCUT2D eigenvalue weighted by molar-refractivity contribution is -0.114. The van der Waals surface area contributed by atoms with E-state index in [4.69, 9.17) is 5.73 Å². The zero-order valence-electron chi connectivity index (χ0n) is 36.7. The van der Waals surface area contributed by atoms with Crippen molar-refractivity contribution < 1.29 is 14.4 Å². The third-order valence-corrected chi connectivity index (χ3v) is 12.4. The zero-order chi connectivity index (χ0) is 44.4. The Kier molecular flexibility index (Phi) is 12.3. The van der Waals surface area contributed by atoms with Gasteiger partial charge in [-0.15, -0.1) is 11.3 Å². The average Bonchev–Trinajstić information content (AvgIpc) is 4.06. The van der Waals surface area contributed by atoms with Crippen molar-refractivity contribution >= 4 is 106 Å². The van der Waals surface area contributed by atoms with Gasteiger partial charge in [-0.3, -0.25) is 19.4 Å². The van der Waals surface area contributed by atoms with Crippen molar-refractivity contribution in [2.24, 2.45) is 0 Å². The van der Waals surface area contributed by atoms with Crippen molar-refractivity contribution in [3.63, 3.8) is 0 Å². The highest BCUT2D eigenvalue weighted by Gasteiger charge is 2.15. The molecule has 0 bridgehead atoms. The van der Waals surface area contributed by atoms with Crippen LogP contribution in [0, 0.1) is 0 Å². The topological polar surface area (TPSA) is 117 Å². The lowest BCUT2D eigenvalue weighted by Gasteiger charge is -2.06. The van der Waals surface area contributed by atoms with Gasteiger partial charge in [0, 0.05) is 121 Å². The summed E-state index contributed by atoms with van der Waals surface area (Å²) < 4.78 is 6.95. The quantitative estimate of drug-likeness (QED) is 0.111. The van der Waals surface area contributed by atoms with Gasteiger partial charge in [-0.2, -0.15) is 0 Å². The van der Waals surface area contributed by atoms with E-state index in [2.05, 4.69) is 93.3 Å². The number of para-hydroxylation sites is 1. The number of carbonyl (C=O) groups is 3. The first-order valence-corrected chi connectivity index (χ1v) is 22.5. The van der Waals surface area contributed by atoms with Gasteiger partial charge >= 0.3 is 0 Å². The van der Waals surface area contributed by atoms with E-state index >= 15 is 0 Å². The maximum Gasteiger partial charge on any atom is 0.221 e. The molecule has 0 aliphatic heterocycles. The third-order valence-electron chi connectivity index (χ3n) is 11.6. The van der Waals surface area contributed by atoms with Crippen molar-refractivity contribution in [1.29, 1.82) is 0 Å². The van der Waals surface area contributed by atoms with Gasteiger partial charge in [0.25, 0.3) is 0 Å². The Balaban J connectivity index is 0.000000130. The molecule has 4 aromatic heterocycles. The number of nitrogen functional groups attached to an aromatic ring is 1. The van der Waals surface area contributed by atoms with Crippen LogP contribution in [0.15, 0.2) is 127 Å². The molecule has 318 valence electrons. The van der Waals surface area contributed by atoms with Gasteiger partial charge < -0.3 is 24.8 Å². The summed E-state index contributed by atoms with van der Waals surface area (Å²) in [6.07, 6.45) is 4.03. The molecule has 9 nitrogen and oxygen atoms in total. The Hall–Kier alpha value is -7.04. The molecular formula is C53H52N6O3S. The molecule has 63 heavy (non-hydrogen) atoms. The van der Waals surface area contributed by atoms with Crippen molar-refractivity contribution in [1.82, 2.24) is 18.7 Å². The average molecular weight is 853 g/mol. The highest BCUT2D eigenvalue weighted by atomic mass is 32.1. The number of amides is 1. The van der Waals surface area contributed by atoms with E-state index in [1.54, 1.807) is 25.2 Å². The number of aromatic nitrogens is 4. The van der Waals surface area contributed by atoms with Gasteiger partial charge in [0.05, 0.1) is 10.4 Å². The number of nitrogens with one attached hydrogen (secondary N) is 1. The fourth-order valence-corrected chi connectivity index (χ4v) is 9.40. The highest BCUT2D eigenvalue weighted by molar-refractivity contribution is 7.13. The van der Waals surface area contributed by atoms with E-state index in [0.717, 1.165) is 87.5 Å². The van der Waals surface area contributed by atoms with Crippen molar-refractivity contribution in [3.8, 4) is 10.4 Å². The molecule has 0 aliphatic carbocycles. The van der Waals surface area contributed by atoms with E-state index in [1.807, 2.05) is 78.4 Å². The van der Waals surface area contributed by atoms with E-state index in [9.17, 15) is 14.4 Å². The van der Waals surface area contributed by atoms with Crippen LogP contribution in [0.4, 0.5) is 11.4 Å². The standard InChI is InChI=1S/C19H20N2O2.C17H18N2O.C17H14N2S/c1-4-9-21-18-7-5-14(12(2)22)10-16(18)17-11-15(20-13(3)23)6-8-19(17)21;1-3-8-19-16-6-4-12(11(2)20)9-14(16)15-10-13(18)5-7-17(15)19;1-2-19-15-6-4-3-5-13(15)14-9-12(7-8-16(14)19)17-10-18-11-20-17/h5-8,10-11H,4,9H2,1-3H3,(H,20,23);4-7,9-10H,3,8,18H2,1-2H3;3-11H,2H2,1H3. The summed E-state index contributed by atoms with van der Waals surface area (Å²) in [6.45, 7) is 14.1. The summed E-state index contributed by atoms with van der Waals surface area (Å²) in [5.74, 6) is 0.0552. The molecule has 1 amide bonds. The fourth-order valence-electron chi connectivity index (χ4n) is 8.78. The number of carbonyl (C=O) groups excluding carboxylic acids is 3. The summed E-state index contributed by atoms with van der Waals surface area (Å²) in [5, 5.41) is 9.82. The van der Waals surface area contributed by atoms with Gasteiger partial charge in [0.15, 0.2) is 11.6 Å². The fraction of sp³-hybridized carbons (Fsp3) is 0.208. The van der Waals surface area contributed by atoms with E-state index in [1.165, 1.54) is 44.7 Å². The van der Waals surface area contributed by atoms with Crippen LogP contribution in [0.25, 0.3) is 75.9 Å². The van der Waals surface area contributed by atoms with Gasteiger partial charge in [-0.25, -0.2) is 0 Å². The molecule has 6 aromatic carbocycles. The minimum atomic E-state index is -0.0916. The summed E-state index contributed by atoms with van der Waals surface area (Å²) in [6, 6.07) is 39.0. The zero-order valence-corrected chi connectivity index (χ0v) is 37.5. The highest BCUT2D eigenvalue weighted by Crippen LogP contribution is 2.35. The Morgan fingerprint density at radius 2 is 1.08 bits per heavy atom. The monoisotopic (exact) mass is 852 g/mol. The molecule has 10 aromatic rings. The first-order valence-electron chi connectivity index (χ1n) is 21.6. The molecule has 0 spiro atoms. The predicted molar refractivity (Wildman–Crippen MR) is 264 cm³/mol.